The van der Waals surface area contributed by atoms with Crippen LogP contribution in [0.1, 0.15) is 30.6 Å². The molecule has 0 saturated carbocycles. The highest BCUT2D eigenvalue weighted by atomic mass is 35.5. The molecule has 0 unspecified atom stereocenters. The number of rotatable bonds is 5. The number of carbonyl (C=O) groups is 2. The minimum atomic E-state index is -1.19. The summed E-state index contributed by atoms with van der Waals surface area (Å²) in [7, 11) is 0. The molecule has 1 aromatic carbocycles. The average Bonchev–Trinajstić information content (AvgIpc) is 2.53. The Labute approximate surface area is 141 Å². The minimum Gasteiger partial charge on any atom is -0.480 e. The number of fused-ring (bicyclic) bond motifs is 1. The summed E-state index contributed by atoms with van der Waals surface area (Å²) in [5.74, 6) is -3.12. The lowest BCUT2D eigenvalue weighted by Crippen LogP contribution is -2.46. The molecule has 3 N–H and O–H groups in total. The van der Waals surface area contributed by atoms with Crippen LogP contribution in [-0.2, 0) is 4.79 Å². The normalized spacial score (nSPS) is 13.5. The summed E-state index contributed by atoms with van der Waals surface area (Å²) in [5.41, 5.74) is -0.719. The standard InChI is InChI=1S/C16H16ClFN2O4/c1-3-7(2)13(16(23)24)20-15(22)9-6-19-12-5-10(17)11(18)4-8(12)14(9)21/h4-7,13H,3H2,1-2H3,(H,19,21)(H,20,22)(H,23,24)/t7-,13+/m1/s1. The summed E-state index contributed by atoms with van der Waals surface area (Å²) in [4.78, 5) is 38.6. The zero-order valence-electron chi connectivity index (χ0n) is 13.0. The number of pyridine rings is 1. The lowest BCUT2D eigenvalue weighted by molar-refractivity contribution is -0.140. The van der Waals surface area contributed by atoms with Gasteiger partial charge in [-0.15, -0.1) is 0 Å². The molecule has 1 aromatic heterocycles. The molecule has 0 aliphatic heterocycles. The third kappa shape index (κ3) is 3.41. The van der Waals surface area contributed by atoms with E-state index in [1.165, 1.54) is 6.07 Å². The summed E-state index contributed by atoms with van der Waals surface area (Å²) in [5, 5.41) is 11.4. The van der Waals surface area contributed by atoms with Gasteiger partial charge in [0.15, 0.2) is 0 Å². The molecule has 1 heterocycles. The third-order valence-corrected chi connectivity index (χ3v) is 4.22. The zero-order valence-corrected chi connectivity index (χ0v) is 13.8. The van der Waals surface area contributed by atoms with Gasteiger partial charge in [0.1, 0.15) is 17.4 Å². The van der Waals surface area contributed by atoms with Gasteiger partial charge in [-0.25, -0.2) is 9.18 Å². The Morgan fingerprint density at radius 3 is 2.67 bits per heavy atom. The Morgan fingerprint density at radius 1 is 1.42 bits per heavy atom. The fourth-order valence-electron chi connectivity index (χ4n) is 2.29. The van der Waals surface area contributed by atoms with E-state index >= 15 is 0 Å². The topological polar surface area (TPSA) is 99.3 Å². The molecule has 8 heteroatoms. The van der Waals surface area contributed by atoms with Crippen molar-refractivity contribution in [1.82, 2.24) is 10.3 Å². The molecule has 1 amide bonds. The van der Waals surface area contributed by atoms with Crippen LogP contribution in [0.25, 0.3) is 10.9 Å². The van der Waals surface area contributed by atoms with Crippen LogP contribution < -0.4 is 10.7 Å². The van der Waals surface area contributed by atoms with E-state index in [4.69, 9.17) is 11.6 Å². The number of amides is 1. The minimum absolute atomic E-state index is 0.0417. The molecule has 2 rings (SSSR count). The number of aliphatic carboxylic acids is 1. The zero-order chi connectivity index (χ0) is 18.0. The maximum absolute atomic E-state index is 13.6. The first-order chi connectivity index (χ1) is 11.3. The molecule has 0 saturated heterocycles. The fourth-order valence-corrected chi connectivity index (χ4v) is 2.45. The second-order valence-corrected chi connectivity index (χ2v) is 5.93. The van der Waals surface area contributed by atoms with Crippen molar-refractivity contribution in [2.24, 2.45) is 5.92 Å². The number of carboxylic acids is 1. The van der Waals surface area contributed by atoms with Gasteiger partial charge < -0.3 is 15.4 Å². The molecule has 6 nitrogen and oxygen atoms in total. The first-order valence-electron chi connectivity index (χ1n) is 7.30. The van der Waals surface area contributed by atoms with E-state index < -0.39 is 29.2 Å². The van der Waals surface area contributed by atoms with E-state index in [1.54, 1.807) is 13.8 Å². The molecule has 2 atom stereocenters. The second-order valence-electron chi connectivity index (χ2n) is 5.52. The smallest absolute Gasteiger partial charge is 0.326 e. The summed E-state index contributed by atoms with van der Waals surface area (Å²) in [6.45, 7) is 3.48. The van der Waals surface area contributed by atoms with Gasteiger partial charge in [0.25, 0.3) is 5.91 Å². The van der Waals surface area contributed by atoms with Crippen molar-refractivity contribution in [2.45, 2.75) is 26.3 Å². The van der Waals surface area contributed by atoms with Gasteiger partial charge in [0, 0.05) is 11.6 Å². The number of carbonyl (C=O) groups excluding carboxylic acids is 1. The third-order valence-electron chi connectivity index (χ3n) is 3.93. The Kier molecular flexibility index (Phi) is 5.23. The highest BCUT2D eigenvalue weighted by Gasteiger charge is 2.27. The van der Waals surface area contributed by atoms with E-state index in [9.17, 15) is 23.9 Å². The van der Waals surface area contributed by atoms with E-state index in [-0.39, 0.29) is 27.4 Å². The SMILES string of the molecule is CC[C@@H](C)[C@H](NC(=O)c1c[nH]c2cc(Cl)c(F)cc2c1=O)C(=O)O. The monoisotopic (exact) mass is 354 g/mol. The van der Waals surface area contributed by atoms with Crippen molar-refractivity contribution >= 4 is 34.4 Å². The van der Waals surface area contributed by atoms with E-state index in [2.05, 4.69) is 10.3 Å². The van der Waals surface area contributed by atoms with Gasteiger partial charge in [-0.1, -0.05) is 31.9 Å². The highest BCUT2D eigenvalue weighted by molar-refractivity contribution is 6.31. The van der Waals surface area contributed by atoms with Crippen LogP contribution in [0, 0.1) is 11.7 Å². The summed E-state index contributed by atoms with van der Waals surface area (Å²) >= 11 is 5.66. The maximum atomic E-state index is 13.6. The van der Waals surface area contributed by atoms with Crippen molar-refractivity contribution in [1.29, 1.82) is 0 Å². The Morgan fingerprint density at radius 2 is 2.08 bits per heavy atom. The van der Waals surface area contributed by atoms with Crippen molar-refractivity contribution in [2.75, 3.05) is 0 Å². The number of H-pyrrole nitrogens is 1. The molecular weight excluding hydrogens is 339 g/mol. The Balaban J connectivity index is 2.43. The molecule has 0 bridgehead atoms. The van der Waals surface area contributed by atoms with Crippen LogP contribution in [0.15, 0.2) is 23.1 Å². The molecule has 0 aliphatic carbocycles. The Bertz CT molecular complexity index is 865. The van der Waals surface area contributed by atoms with Crippen molar-refractivity contribution in [3.63, 3.8) is 0 Å². The van der Waals surface area contributed by atoms with Gasteiger partial charge >= 0.3 is 5.97 Å². The number of benzene rings is 1. The quantitative estimate of drug-likeness (QED) is 0.768. The lowest BCUT2D eigenvalue weighted by Gasteiger charge is -2.20. The molecule has 24 heavy (non-hydrogen) atoms. The van der Waals surface area contributed by atoms with Crippen molar-refractivity contribution in [3.05, 3.63) is 45.0 Å². The van der Waals surface area contributed by atoms with Crippen LogP contribution in [0.4, 0.5) is 4.39 Å². The summed E-state index contributed by atoms with van der Waals surface area (Å²) in [6.07, 6.45) is 1.69. The molecule has 0 fully saturated rings. The van der Waals surface area contributed by atoms with Gasteiger partial charge in [-0.2, -0.15) is 0 Å². The van der Waals surface area contributed by atoms with Crippen molar-refractivity contribution in [3.8, 4) is 0 Å². The van der Waals surface area contributed by atoms with E-state index in [0.717, 1.165) is 12.3 Å². The number of hydrogen-bond acceptors (Lipinski definition) is 3. The van der Waals surface area contributed by atoms with Crippen LogP contribution in [0.3, 0.4) is 0 Å². The Hall–Kier alpha value is -2.41. The first kappa shape index (κ1) is 17.9. The van der Waals surface area contributed by atoms with E-state index in [0.29, 0.717) is 6.42 Å². The first-order valence-corrected chi connectivity index (χ1v) is 7.68. The predicted molar refractivity (Wildman–Crippen MR) is 87.9 cm³/mol. The van der Waals surface area contributed by atoms with Crippen LogP contribution >= 0.6 is 11.6 Å². The van der Waals surface area contributed by atoms with Gasteiger partial charge in [-0.05, 0) is 18.1 Å². The molecule has 128 valence electrons. The number of aromatic nitrogens is 1. The predicted octanol–water partition coefficient (Wildman–Crippen LogP) is 2.55. The van der Waals surface area contributed by atoms with Crippen LogP contribution in [-0.4, -0.2) is 28.0 Å². The number of aromatic amines is 1. The summed E-state index contributed by atoms with van der Waals surface area (Å²) < 4.78 is 13.6. The number of nitrogens with one attached hydrogen (secondary N) is 2. The van der Waals surface area contributed by atoms with Gasteiger partial charge in [0.2, 0.25) is 5.43 Å². The highest BCUT2D eigenvalue weighted by Crippen LogP contribution is 2.19. The second kappa shape index (κ2) is 7.00. The molecule has 2 aromatic rings. The number of halogens is 2. The fraction of sp³-hybridized carbons (Fsp3) is 0.312. The van der Waals surface area contributed by atoms with E-state index in [1.807, 2.05) is 0 Å². The van der Waals surface area contributed by atoms with Crippen molar-refractivity contribution < 1.29 is 19.1 Å². The summed E-state index contributed by atoms with van der Waals surface area (Å²) in [6, 6.07) is 1.06. The number of hydrogen-bond donors (Lipinski definition) is 3. The average molecular weight is 355 g/mol. The van der Waals surface area contributed by atoms with Gasteiger partial charge in [-0.3, -0.25) is 9.59 Å². The lowest BCUT2D eigenvalue weighted by atomic mass is 9.99. The van der Waals surface area contributed by atoms with Crippen LogP contribution in [0.5, 0.6) is 0 Å². The number of carboxylic acid groups (broad SMARTS) is 1. The molecular formula is C16H16ClFN2O4. The van der Waals surface area contributed by atoms with Gasteiger partial charge in [0.05, 0.1) is 10.5 Å². The largest absolute Gasteiger partial charge is 0.480 e. The molecule has 0 spiro atoms. The maximum Gasteiger partial charge on any atom is 0.326 e. The van der Waals surface area contributed by atoms with Crippen LogP contribution in [0.2, 0.25) is 5.02 Å². The molecule has 0 radical (unpaired) electrons. The molecule has 0 aliphatic rings.